The van der Waals surface area contributed by atoms with E-state index in [-0.39, 0.29) is 0 Å². The molecule has 0 radical (unpaired) electrons. The summed E-state index contributed by atoms with van der Waals surface area (Å²) in [5.74, 6) is 0.604. The lowest BCUT2D eigenvalue weighted by molar-refractivity contribution is 0.137. The van der Waals surface area contributed by atoms with Crippen LogP contribution in [0.25, 0.3) is 0 Å². The van der Waals surface area contributed by atoms with Crippen LogP contribution in [0.1, 0.15) is 69.0 Å². The van der Waals surface area contributed by atoms with E-state index in [2.05, 4.69) is 24.0 Å². The molecule has 0 aromatic carbocycles. The highest BCUT2D eigenvalue weighted by Gasteiger charge is 2.17. The first-order chi connectivity index (χ1) is 8.58. The van der Waals surface area contributed by atoms with Crippen LogP contribution in [0, 0.1) is 19.8 Å². The molecule has 1 aromatic heterocycles. The summed E-state index contributed by atoms with van der Waals surface area (Å²) >= 11 is 0. The monoisotopic (exact) mass is 250 g/mol. The number of aliphatic hydroxyl groups is 1. The number of unbranched alkanes of at least 4 members (excludes halogenated alkanes) is 1. The SMILES string of the molecule is CCCCC(CC)CC(O)c1cc(C)nnc1C. The Morgan fingerprint density at radius 2 is 1.94 bits per heavy atom. The van der Waals surface area contributed by atoms with E-state index in [4.69, 9.17) is 0 Å². The molecule has 1 aromatic rings. The van der Waals surface area contributed by atoms with Gasteiger partial charge in [0.15, 0.2) is 0 Å². The van der Waals surface area contributed by atoms with Crippen LogP contribution < -0.4 is 0 Å². The van der Waals surface area contributed by atoms with Gasteiger partial charge in [0.1, 0.15) is 0 Å². The predicted octanol–water partition coefficient (Wildman–Crippen LogP) is 3.73. The van der Waals surface area contributed by atoms with Crippen molar-refractivity contribution in [1.29, 1.82) is 0 Å². The zero-order valence-corrected chi connectivity index (χ0v) is 12.1. The fraction of sp³-hybridized carbons (Fsp3) is 0.733. The molecule has 2 unspecified atom stereocenters. The first-order valence-electron chi connectivity index (χ1n) is 7.07. The molecular weight excluding hydrogens is 224 g/mol. The molecular formula is C15H26N2O. The van der Waals surface area contributed by atoms with Gasteiger partial charge in [0.25, 0.3) is 0 Å². The van der Waals surface area contributed by atoms with Gasteiger partial charge in [0.05, 0.1) is 17.5 Å². The Hall–Kier alpha value is -0.960. The summed E-state index contributed by atoms with van der Waals surface area (Å²) in [6.07, 6.45) is 5.25. The Morgan fingerprint density at radius 1 is 1.22 bits per heavy atom. The van der Waals surface area contributed by atoms with Crippen molar-refractivity contribution < 1.29 is 5.11 Å². The third-order valence-corrected chi connectivity index (χ3v) is 3.60. The highest BCUT2D eigenvalue weighted by atomic mass is 16.3. The lowest BCUT2D eigenvalue weighted by atomic mass is 9.90. The van der Waals surface area contributed by atoms with Gasteiger partial charge in [-0.25, -0.2) is 0 Å². The van der Waals surface area contributed by atoms with E-state index < -0.39 is 6.10 Å². The van der Waals surface area contributed by atoms with Crippen molar-refractivity contribution in [2.75, 3.05) is 0 Å². The molecule has 0 aliphatic rings. The molecule has 1 heterocycles. The van der Waals surface area contributed by atoms with Gasteiger partial charge in [0.2, 0.25) is 0 Å². The van der Waals surface area contributed by atoms with Crippen LogP contribution in [-0.4, -0.2) is 15.3 Å². The topological polar surface area (TPSA) is 46.0 Å². The van der Waals surface area contributed by atoms with Crippen molar-refractivity contribution in [3.63, 3.8) is 0 Å². The second kappa shape index (κ2) is 7.47. The molecule has 0 spiro atoms. The average molecular weight is 250 g/mol. The molecule has 0 amide bonds. The van der Waals surface area contributed by atoms with Crippen LogP contribution in [-0.2, 0) is 0 Å². The number of hydrogen-bond donors (Lipinski definition) is 1. The van der Waals surface area contributed by atoms with E-state index in [1.807, 2.05) is 19.9 Å². The third-order valence-electron chi connectivity index (χ3n) is 3.60. The highest BCUT2D eigenvalue weighted by molar-refractivity contribution is 5.22. The smallest absolute Gasteiger partial charge is 0.0811 e. The van der Waals surface area contributed by atoms with Crippen LogP contribution >= 0.6 is 0 Å². The van der Waals surface area contributed by atoms with Crippen LogP contribution in [0.5, 0.6) is 0 Å². The summed E-state index contributed by atoms with van der Waals surface area (Å²) < 4.78 is 0. The summed E-state index contributed by atoms with van der Waals surface area (Å²) in [4.78, 5) is 0. The van der Waals surface area contributed by atoms with Crippen molar-refractivity contribution in [3.05, 3.63) is 23.0 Å². The minimum Gasteiger partial charge on any atom is -0.388 e. The molecule has 0 fully saturated rings. The van der Waals surface area contributed by atoms with Crippen LogP contribution in [0.15, 0.2) is 6.07 Å². The quantitative estimate of drug-likeness (QED) is 0.802. The van der Waals surface area contributed by atoms with Crippen LogP contribution in [0.4, 0.5) is 0 Å². The van der Waals surface area contributed by atoms with Crippen molar-refractivity contribution in [1.82, 2.24) is 10.2 Å². The number of aromatic nitrogens is 2. The first-order valence-corrected chi connectivity index (χ1v) is 7.07. The number of aliphatic hydroxyl groups excluding tert-OH is 1. The molecule has 0 saturated carbocycles. The molecule has 1 rings (SSSR count). The van der Waals surface area contributed by atoms with Gasteiger partial charge in [-0.3, -0.25) is 0 Å². The maximum absolute atomic E-state index is 10.4. The van der Waals surface area contributed by atoms with Crippen molar-refractivity contribution in [2.45, 2.75) is 65.9 Å². The summed E-state index contributed by atoms with van der Waals surface area (Å²) in [5, 5.41) is 18.5. The summed E-state index contributed by atoms with van der Waals surface area (Å²) in [6, 6.07) is 1.96. The van der Waals surface area contributed by atoms with E-state index in [9.17, 15) is 5.11 Å². The zero-order valence-electron chi connectivity index (χ0n) is 12.1. The molecule has 0 aliphatic heterocycles. The minimum atomic E-state index is -0.402. The molecule has 1 N–H and O–H groups in total. The molecule has 102 valence electrons. The molecule has 0 saturated heterocycles. The highest BCUT2D eigenvalue weighted by Crippen LogP contribution is 2.27. The third kappa shape index (κ3) is 4.37. The fourth-order valence-corrected chi connectivity index (χ4v) is 2.33. The van der Waals surface area contributed by atoms with Gasteiger partial charge in [-0.05, 0) is 32.3 Å². The van der Waals surface area contributed by atoms with Crippen molar-refractivity contribution in [2.24, 2.45) is 5.92 Å². The maximum atomic E-state index is 10.4. The van der Waals surface area contributed by atoms with Gasteiger partial charge in [0, 0.05) is 5.56 Å². The first kappa shape index (κ1) is 15.1. The molecule has 0 bridgehead atoms. The maximum Gasteiger partial charge on any atom is 0.0811 e. The second-order valence-electron chi connectivity index (χ2n) is 5.19. The summed E-state index contributed by atoms with van der Waals surface area (Å²) in [5.41, 5.74) is 2.66. The van der Waals surface area contributed by atoms with Gasteiger partial charge in [-0.1, -0.05) is 39.5 Å². The zero-order chi connectivity index (χ0) is 13.5. The second-order valence-corrected chi connectivity index (χ2v) is 5.19. The normalized spacial score (nSPS) is 14.5. The Kier molecular flexibility index (Phi) is 6.27. The molecule has 3 nitrogen and oxygen atoms in total. The summed E-state index contributed by atoms with van der Waals surface area (Å²) in [7, 11) is 0. The van der Waals surface area contributed by atoms with Gasteiger partial charge in [-0.2, -0.15) is 10.2 Å². The van der Waals surface area contributed by atoms with Gasteiger partial charge < -0.3 is 5.11 Å². The van der Waals surface area contributed by atoms with Crippen molar-refractivity contribution in [3.8, 4) is 0 Å². The van der Waals surface area contributed by atoms with Crippen molar-refractivity contribution >= 4 is 0 Å². The lowest BCUT2D eigenvalue weighted by Crippen LogP contribution is -2.10. The predicted molar refractivity (Wildman–Crippen MR) is 74.4 cm³/mol. The van der Waals surface area contributed by atoms with E-state index >= 15 is 0 Å². The number of aryl methyl sites for hydroxylation is 2. The molecule has 2 atom stereocenters. The van der Waals surface area contributed by atoms with E-state index in [1.165, 1.54) is 19.3 Å². The molecule has 3 heteroatoms. The number of rotatable bonds is 7. The molecule has 0 aliphatic carbocycles. The standard InChI is InChI=1S/C15H26N2O/c1-5-7-8-13(6-2)10-15(18)14-9-11(3)16-17-12(14)4/h9,13,15,18H,5-8,10H2,1-4H3. The number of nitrogens with zero attached hydrogens (tertiary/aromatic N) is 2. The minimum absolute atomic E-state index is 0.402. The Balaban J connectivity index is 2.67. The largest absolute Gasteiger partial charge is 0.388 e. The average Bonchev–Trinajstić information content (AvgIpc) is 2.37. The van der Waals surface area contributed by atoms with E-state index in [0.717, 1.165) is 29.8 Å². The van der Waals surface area contributed by atoms with E-state index in [1.54, 1.807) is 0 Å². The van der Waals surface area contributed by atoms with Gasteiger partial charge in [-0.15, -0.1) is 0 Å². The molecule has 18 heavy (non-hydrogen) atoms. The fourth-order valence-electron chi connectivity index (χ4n) is 2.33. The van der Waals surface area contributed by atoms with Gasteiger partial charge >= 0.3 is 0 Å². The van der Waals surface area contributed by atoms with Crippen LogP contribution in [0.3, 0.4) is 0 Å². The lowest BCUT2D eigenvalue weighted by Gasteiger charge is -2.20. The van der Waals surface area contributed by atoms with E-state index in [0.29, 0.717) is 5.92 Å². The Labute approximate surface area is 111 Å². The Morgan fingerprint density at radius 3 is 2.56 bits per heavy atom. The number of hydrogen-bond acceptors (Lipinski definition) is 3. The Bertz CT molecular complexity index is 366. The summed E-state index contributed by atoms with van der Waals surface area (Å²) in [6.45, 7) is 8.24. The van der Waals surface area contributed by atoms with Crippen LogP contribution in [0.2, 0.25) is 0 Å².